The minimum atomic E-state index is 0.564. The lowest BCUT2D eigenvalue weighted by atomic mass is 10.2. The maximum absolute atomic E-state index is 5.54. The zero-order chi connectivity index (χ0) is 12.8. The predicted octanol–water partition coefficient (Wildman–Crippen LogP) is 3.01. The van der Waals surface area contributed by atoms with Crippen LogP contribution in [0.15, 0.2) is 47.5 Å². The zero-order valence-electron chi connectivity index (χ0n) is 10.3. The topological polar surface area (TPSA) is 48.1 Å². The van der Waals surface area contributed by atoms with Gasteiger partial charge in [-0.25, -0.2) is 4.98 Å². The van der Waals surface area contributed by atoms with E-state index in [2.05, 4.69) is 17.1 Å². The van der Waals surface area contributed by atoms with Crippen LogP contribution in [0, 0.1) is 0 Å². The van der Waals surface area contributed by atoms with Crippen molar-refractivity contribution in [3.05, 3.63) is 48.2 Å². The third-order valence-corrected chi connectivity index (χ3v) is 3.56. The molecular formula is C14H16N2OS. The van der Waals surface area contributed by atoms with Crippen LogP contribution in [0.25, 0.3) is 0 Å². The maximum atomic E-state index is 5.54. The Labute approximate surface area is 111 Å². The van der Waals surface area contributed by atoms with Crippen LogP contribution in [-0.4, -0.2) is 17.8 Å². The van der Waals surface area contributed by atoms with Crippen molar-refractivity contribution in [2.75, 3.05) is 18.6 Å². The molecule has 2 N–H and O–H groups in total. The Bertz CT molecular complexity index is 482. The molecule has 4 heteroatoms. The van der Waals surface area contributed by atoms with E-state index in [1.807, 2.05) is 30.5 Å². The number of aromatic nitrogens is 1. The first-order valence-corrected chi connectivity index (χ1v) is 6.74. The van der Waals surface area contributed by atoms with Crippen molar-refractivity contribution < 1.29 is 4.74 Å². The van der Waals surface area contributed by atoms with E-state index < -0.39 is 0 Å². The fraction of sp³-hybridized carbons (Fsp3) is 0.214. The van der Waals surface area contributed by atoms with Gasteiger partial charge in [-0.1, -0.05) is 12.1 Å². The molecule has 0 radical (unpaired) electrons. The van der Waals surface area contributed by atoms with E-state index in [0.29, 0.717) is 5.82 Å². The van der Waals surface area contributed by atoms with E-state index in [1.165, 1.54) is 5.56 Å². The van der Waals surface area contributed by atoms with Crippen molar-refractivity contribution in [3.63, 3.8) is 0 Å². The molecule has 18 heavy (non-hydrogen) atoms. The molecule has 2 rings (SSSR count). The van der Waals surface area contributed by atoms with Gasteiger partial charge < -0.3 is 10.5 Å². The van der Waals surface area contributed by atoms with E-state index >= 15 is 0 Å². The number of rotatable bonds is 5. The predicted molar refractivity (Wildman–Crippen MR) is 76.1 cm³/mol. The number of hydrogen-bond donors (Lipinski definition) is 1. The number of thioether (sulfide) groups is 1. The first-order chi connectivity index (χ1) is 8.78. The van der Waals surface area contributed by atoms with Crippen LogP contribution >= 0.6 is 11.8 Å². The fourth-order valence-electron chi connectivity index (χ4n) is 1.56. The van der Waals surface area contributed by atoms with Crippen LogP contribution in [0.3, 0.4) is 0 Å². The highest BCUT2D eigenvalue weighted by molar-refractivity contribution is 7.99. The van der Waals surface area contributed by atoms with Gasteiger partial charge in [0, 0.05) is 16.8 Å². The molecule has 1 heterocycles. The number of ether oxygens (including phenoxy) is 1. The second-order valence-electron chi connectivity index (χ2n) is 3.87. The van der Waals surface area contributed by atoms with E-state index in [4.69, 9.17) is 10.5 Å². The van der Waals surface area contributed by atoms with Crippen LogP contribution in [0.2, 0.25) is 0 Å². The van der Waals surface area contributed by atoms with Crippen LogP contribution in [0.5, 0.6) is 5.75 Å². The number of aryl methyl sites for hydroxylation is 1. The summed E-state index contributed by atoms with van der Waals surface area (Å²) in [6.07, 6.45) is 2.84. The zero-order valence-corrected chi connectivity index (χ0v) is 11.1. The van der Waals surface area contributed by atoms with Gasteiger partial charge in [-0.3, -0.25) is 0 Å². The molecular weight excluding hydrogens is 244 g/mol. The van der Waals surface area contributed by atoms with Crippen LogP contribution in [0.4, 0.5) is 5.82 Å². The normalized spacial score (nSPS) is 10.3. The van der Waals surface area contributed by atoms with Gasteiger partial charge in [-0.05, 0) is 36.2 Å². The van der Waals surface area contributed by atoms with E-state index in [-0.39, 0.29) is 0 Å². The van der Waals surface area contributed by atoms with Gasteiger partial charge in [0.1, 0.15) is 11.6 Å². The lowest BCUT2D eigenvalue weighted by molar-refractivity contribution is 0.414. The Hall–Kier alpha value is -1.68. The third kappa shape index (κ3) is 3.67. The summed E-state index contributed by atoms with van der Waals surface area (Å²) in [5.74, 6) is 2.49. The van der Waals surface area contributed by atoms with Crippen molar-refractivity contribution in [2.45, 2.75) is 11.3 Å². The molecule has 0 fully saturated rings. The van der Waals surface area contributed by atoms with E-state index in [1.54, 1.807) is 18.9 Å². The molecule has 0 aliphatic rings. The van der Waals surface area contributed by atoms with Crippen LogP contribution in [-0.2, 0) is 6.42 Å². The molecule has 0 unspecified atom stereocenters. The molecule has 2 aromatic rings. The lowest BCUT2D eigenvalue weighted by Gasteiger charge is -2.04. The van der Waals surface area contributed by atoms with Gasteiger partial charge in [0.2, 0.25) is 0 Å². The van der Waals surface area contributed by atoms with E-state index in [0.717, 1.165) is 22.8 Å². The Morgan fingerprint density at radius 2 is 1.94 bits per heavy atom. The third-order valence-electron chi connectivity index (χ3n) is 2.58. The Balaban J connectivity index is 1.82. The Kier molecular flexibility index (Phi) is 4.47. The number of anilines is 1. The summed E-state index contributed by atoms with van der Waals surface area (Å²) in [6.45, 7) is 0. The first kappa shape index (κ1) is 12.8. The van der Waals surface area contributed by atoms with Crippen molar-refractivity contribution in [1.29, 1.82) is 0 Å². The number of pyridine rings is 1. The minimum Gasteiger partial charge on any atom is -0.497 e. The van der Waals surface area contributed by atoms with Gasteiger partial charge in [0.05, 0.1) is 7.11 Å². The number of hydrogen-bond acceptors (Lipinski definition) is 4. The average molecular weight is 260 g/mol. The van der Waals surface area contributed by atoms with Gasteiger partial charge in [-0.15, -0.1) is 11.8 Å². The number of nitrogen functional groups attached to an aromatic ring is 1. The number of benzene rings is 1. The minimum absolute atomic E-state index is 0.564. The molecule has 0 aliphatic heterocycles. The second-order valence-corrected chi connectivity index (χ2v) is 5.03. The highest BCUT2D eigenvalue weighted by Gasteiger charge is 1.97. The molecule has 0 bridgehead atoms. The highest BCUT2D eigenvalue weighted by Crippen LogP contribution is 2.19. The Morgan fingerprint density at radius 3 is 2.56 bits per heavy atom. The molecule has 0 aliphatic carbocycles. The molecule has 1 aromatic heterocycles. The summed E-state index contributed by atoms with van der Waals surface area (Å²) in [5.41, 5.74) is 6.85. The monoisotopic (exact) mass is 260 g/mol. The lowest BCUT2D eigenvalue weighted by Crippen LogP contribution is -1.91. The maximum Gasteiger partial charge on any atom is 0.123 e. The van der Waals surface area contributed by atoms with Gasteiger partial charge >= 0.3 is 0 Å². The fourth-order valence-corrected chi connectivity index (χ4v) is 2.42. The summed E-state index contributed by atoms with van der Waals surface area (Å²) < 4.78 is 5.13. The summed E-state index contributed by atoms with van der Waals surface area (Å²) in [7, 11) is 1.68. The van der Waals surface area contributed by atoms with Gasteiger partial charge in [-0.2, -0.15) is 0 Å². The standard InChI is InChI=1S/C14H16N2OS/c1-17-12-4-2-11(3-5-12)8-9-18-13-6-7-14(15)16-10-13/h2-7,10H,8-9H2,1H3,(H2,15,16). The van der Waals surface area contributed by atoms with E-state index in [9.17, 15) is 0 Å². The molecule has 3 nitrogen and oxygen atoms in total. The van der Waals surface area contributed by atoms with Crippen molar-refractivity contribution in [2.24, 2.45) is 0 Å². The number of methoxy groups -OCH3 is 1. The highest BCUT2D eigenvalue weighted by atomic mass is 32.2. The molecule has 94 valence electrons. The largest absolute Gasteiger partial charge is 0.497 e. The smallest absolute Gasteiger partial charge is 0.123 e. The van der Waals surface area contributed by atoms with Gasteiger partial charge in [0.25, 0.3) is 0 Å². The SMILES string of the molecule is COc1ccc(CCSc2ccc(N)nc2)cc1. The molecule has 0 amide bonds. The van der Waals surface area contributed by atoms with Crippen molar-refractivity contribution in [3.8, 4) is 5.75 Å². The van der Waals surface area contributed by atoms with Crippen molar-refractivity contribution >= 4 is 17.6 Å². The second kappa shape index (κ2) is 6.31. The molecule has 0 spiro atoms. The number of nitrogens with two attached hydrogens (primary N) is 1. The molecule has 1 aromatic carbocycles. The van der Waals surface area contributed by atoms with Crippen molar-refractivity contribution in [1.82, 2.24) is 4.98 Å². The summed E-state index contributed by atoms with van der Waals surface area (Å²) in [5, 5.41) is 0. The molecule has 0 saturated carbocycles. The first-order valence-electron chi connectivity index (χ1n) is 5.75. The average Bonchev–Trinajstić information content (AvgIpc) is 2.42. The summed E-state index contributed by atoms with van der Waals surface area (Å²) >= 11 is 1.78. The van der Waals surface area contributed by atoms with Crippen LogP contribution < -0.4 is 10.5 Å². The van der Waals surface area contributed by atoms with Gasteiger partial charge in [0.15, 0.2) is 0 Å². The summed E-state index contributed by atoms with van der Waals surface area (Å²) in [4.78, 5) is 5.22. The number of nitrogens with zero attached hydrogens (tertiary/aromatic N) is 1. The van der Waals surface area contributed by atoms with Crippen LogP contribution in [0.1, 0.15) is 5.56 Å². The quantitative estimate of drug-likeness (QED) is 0.840. The summed E-state index contributed by atoms with van der Waals surface area (Å²) in [6, 6.07) is 12.0. The Morgan fingerprint density at radius 1 is 1.17 bits per heavy atom. The molecule has 0 saturated heterocycles. The molecule has 0 atom stereocenters.